The van der Waals surface area contributed by atoms with Gasteiger partial charge in [-0.25, -0.2) is 9.69 Å². The minimum Gasteiger partial charge on any atom is -0.481 e. The topological polar surface area (TPSA) is 75.7 Å². The number of amides is 4. The van der Waals surface area contributed by atoms with Crippen molar-refractivity contribution in [2.75, 3.05) is 11.5 Å². The second kappa shape index (κ2) is 7.77. The van der Waals surface area contributed by atoms with Gasteiger partial charge in [0.1, 0.15) is 17.9 Å². The fourth-order valence-corrected chi connectivity index (χ4v) is 2.72. The van der Waals surface area contributed by atoms with E-state index >= 15 is 0 Å². The van der Waals surface area contributed by atoms with E-state index in [1.165, 1.54) is 12.1 Å². The number of nitrogens with one attached hydrogen (secondary N) is 1. The Balaban J connectivity index is 1.98. The molecule has 1 aliphatic rings. The molecule has 1 fully saturated rings. The molecule has 1 saturated heterocycles. The molecule has 1 N–H and O–H groups in total. The lowest BCUT2D eigenvalue weighted by molar-refractivity contribution is -0.122. The number of ether oxygens (including phenoxy) is 1. The van der Waals surface area contributed by atoms with E-state index < -0.39 is 17.8 Å². The first kappa shape index (κ1) is 18.2. The normalized spacial score (nSPS) is 15.5. The summed E-state index contributed by atoms with van der Waals surface area (Å²) in [6.45, 7) is 0.0915. The minimum absolute atomic E-state index is 0.0915. The van der Waals surface area contributed by atoms with Crippen LogP contribution in [0.25, 0.3) is 6.08 Å². The van der Waals surface area contributed by atoms with Crippen molar-refractivity contribution in [3.8, 4) is 18.1 Å². The number of barbiturate groups is 1. The molecule has 6 nitrogen and oxygen atoms in total. The maximum Gasteiger partial charge on any atom is 0.335 e. The van der Waals surface area contributed by atoms with Gasteiger partial charge in [-0.3, -0.25) is 14.9 Å². The van der Waals surface area contributed by atoms with Gasteiger partial charge >= 0.3 is 6.03 Å². The first-order chi connectivity index (χ1) is 13.0. The van der Waals surface area contributed by atoms with Gasteiger partial charge in [0.25, 0.3) is 11.8 Å². The number of hydrogen-bond acceptors (Lipinski definition) is 4. The van der Waals surface area contributed by atoms with Crippen LogP contribution < -0.4 is 15.0 Å². The Morgan fingerprint density at radius 3 is 2.67 bits per heavy atom. The van der Waals surface area contributed by atoms with Crippen LogP contribution in [0.15, 0.2) is 54.1 Å². The maximum absolute atomic E-state index is 12.8. The molecule has 2 aromatic carbocycles. The predicted molar refractivity (Wildman–Crippen MR) is 101 cm³/mol. The Morgan fingerprint density at radius 2 is 1.93 bits per heavy atom. The Hall–Kier alpha value is -3.56. The molecule has 2 aromatic rings. The van der Waals surface area contributed by atoms with E-state index in [-0.39, 0.29) is 22.9 Å². The Kier molecular flexibility index (Phi) is 5.25. The average Bonchev–Trinajstić information content (AvgIpc) is 2.65. The SMILES string of the molecule is C#CCOc1cccc(/C=C2/C(=O)NC(=O)N(c3ccccc3Cl)C2=O)c1. The Morgan fingerprint density at radius 1 is 1.15 bits per heavy atom. The van der Waals surface area contributed by atoms with E-state index in [9.17, 15) is 14.4 Å². The number of para-hydroxylation sites is 1. The maximum atomic E-state index is 12.8. The summed E-state index contributed by atoms with van der Waals surface area (Å²) in [5.74, 6) is 1.28. The zero-order valence-electron chi connectivity index (χ0n) is 13.9. The van der Waals surface area contributed by atoms with Gasteiger partial charge in [0, 0.05) is 0 Å². The van der Waals surface area contributed by atoms with Gasteiger partial charge < -0.3 is 4.74 Å². The molecule has 27 heavy (non-hydrogen) atoms. The Labute approximate surface area is 160 Å². The highest BCUT2D eigenvalue weighted by Gasteiger charge is 2.37. The first-order valence-corrected chi connectivity index (χ1v) is 8.21. The molecule has 0 saturated carbocycles. The monoisotopic (exact) mass is 380 g/mol. The standard InChI is InChI=1S/C20H13ClN2O4/c1-2-10-27-14-7-5-6-13(11-14)12-15-18(24)22-20(26)23(19(15)25)17-9-4-3-8-16(17)21/h1,3-9,11-12H,10H2,(H,22,24,26)/b15-12-. The number of carbonyl (C=O) groups excluding carboxylic acids is 3. The second-order valence-corrected chi connectivity index (χ2v) is 5.88. The van der Waals surface area contributed by atoms with Gasteiger partial charge in [-0.1, -0.05) is 41.8 Å². The predicted octanol–water partition coefficient (Wildman–Crippen LogP) is 3.02. The zero-order chi connectivity index (χ0) is 19.4. The number of halogens is 1. The van der Waals surface area contributed by atoms with Crippen LogP contribution in [0, 0.1) is 12.3 Å². The minimum atomic E-state index is -0.860. The van der Waals surface area contributed by atoms with Crippen molar-refractivity contribution in [2.45, 2.75) is 0 Å². The highest BCUT2D eigenvalue weighted by Crippen LogP contribution is 2.29. The molecular formula is C20H13ClN2O4. The fraction of sp³-hybridized carbons (Fsp3) is 0.0500. The van der Waals surface area contributed by atoms with E-state index in [2.05, 4.69) is 11.2 Å². The summed E-state index contributed by atoms with van der Waals surface area (Å²) < 4.78 is 5.33. The molecule has 134 valence electrons. The average molecular weight is 381 g/mol. The highest BCUT2D eigenvalue weighted by molar-refractivity contribution is 6.42. The number of hydrogen-bond donors (Lipinski definition) is 1. The van der Waals surface area contributed by atoms with Gasteiger partial charge in [0.2, 0.25) is 0 Å². The molecule has 4 amide bonds. The molecule has 1 heterocycles. The number of carbonyl (C=O) groups is 3. The fourth-order valence-electron chi connectivity index (χ4n) is 2.50. The van der Waals surface area contributed by atoms with Crippen molar-refractivity contribution < 1.29 is 19.1 Å². The molecule has 3 rings (SSSR count). The van der Waals surface area contributed by atoms with Gasteiger partial charge in [0.15, 0.2) is 0 Å². The van der Waals surface area contributed by atoms with Gasteiger partial charge in [-0.05, 0) is 35.9 Å². The van der Waals surface area contributed by atoms with E-state index in [1.54, 1.807) is 42.5 Å². The van der Waals surface area contributed by atoms with Crippen LogP contribution in [0.2, 0.25) is 5.02 Å². The molecule has 0 unspecified atom stereocenters. The van der Waals surface area contributed by atoms with Crippen LogP contribution in [-0.4, -0.2) is 24.5 Å². The number of rotatable bonds is 4. The summed E-state index contributed by atoms with van der Waals surface area (Å²) in [5.41, 5.74) is 0.520. The van der Waals surface area contributed by atoms with Gasteiger partial charge in [0.05, 0.1) is 10.7 Å². The summed E-state index contributed by atoms with van der Waals surface area (Å²) >= 11 is 6.09. The van der Waals surface area contributed by atoms with Gasteiger partial charge in [-0.2, -0.15) is 0 Å². The van der Waals surface area contributed by atoms with Crippen LogP contribution in [0.4, 0.5) is 10.5 Å². The molecule has 0 radical (unpaired) electrons. The third-order valence-corrected chi connectivity index (χ3v) is 4.01. The van der Waals surface area contributed by atoms with Crippen molar-refractivity contribution in [1.82, 2.24) is 5.32 Å². The number of benzene rings is 2. The molecule has 0 spiro atoms. The molecular weight excluding hydrogens is 368 g/mol. The van der Waals surface area contributed by atoms with Crippen LogP contribution in [-0.2, 0) is 9.59 Å². The Bertz CT molecular complexity index is 1010. The summed E-state index contributed by atoms with van der Waals surface area (Å²) in [6.07, 6.45) is 6.53. The smallest absolute Gasteiger partial charge is 0.335 e. The molecule has 0 atom stereocenters. The first-order valence-electron chi connectivity index (χ1n) is 7.83. The molecule has 0 aliphatic carbocycles. The van der Waals surface area contributed by atoms with E-state index in [4.69, 9.17) is 22.8 Å². The quantitative estimate of drug-likeness (QED) is 0.502. The number of imide groups is 2. The van der Waals surface area contributed by atoms with Crippen LogP contribution in [0.1, 0.15) is 5.56 Å². The van der Waals surface area contributed by atoms with Crippen molar-refractivity contribution in [3.05, 3.63) is 64.7 Å². The molecule has 0 bridgehead atoms. The molecule has 0 aromatic heterocycles. The molecule has 1 aliphatic heterocycles. The summed E-state index contributed by atoms with van der Waals surface area (Å²) in [6, 6.07) is 12.2. The lowest BCUT2D eigenvalue weighted by Gasteiger charge is -2.27. The van der Waals surface area contributed by atoms with Crippen molar-refractivity contribution in [3.63, 3.8) is 0 Å². The number of anilines is 1. The number of urea groups is 1. The van der Waals surface area contributed by atoms with Crippen molar-refractivity contribution in [2.24, 2.45) is 0 Å². The molecule has 7 heteroatoms. The summed E-state index contributed by atoms with van der Waals surface area (Å²) in [7, 11) is 0. The van der Waals surface area contributed by atoms with Crippen LogP contribution in [0.5, 0.6) is 5.75 Å². The van der Waals surface area contributed by atoms with Crippen molar-refractivity contribution >= 4 is 41.2 Å². The van der Waals surface area contributed by atoms with E-state index in [0.717, 1.165) is 4.90 Å². The third kappa shape index (κ3) is 3.84. The van der Waals surface area contributed by atoms with E-state index in [1.807, 2.05) is 0 Å². The largest absolute Gasteiger partial charge is 0.481 e. The van der Waals surface area contributed by atoms with Crippen LogP contribution >= 0.6 is 11.6 Å². The second-order valence-electron chi connectivity index (χ2n) is 5.47. The summed E-state index contributed by atoms with van der Waals surface area (Å²) in [5, 5.41) is 2.36. The third-order valence-electron chi connectivity index (χ3n) is 3.69. The van der Waals surface area contributed by atoms with E-state index in [0.29, 0.717) is 11.3 Å². The van der Waals surface area contributed by atoms with Gasteiger partial charge in [-0.15, -0.1) is 6.42 Å². The van der Waals surface area contributed by atoms with Crippen LogP contribution in [0.3, 0.4) is 0 Å². The zero-order valence-corrected chi connectivity index (χ0v) is 14.7. The van der Waals surface area contributed by atoms with Crippen molar-refractivity contribution in [1.29, 1.82) is 0 Å². The number of nitrogens with zero attached hydrogens (tertiary/aromatic N) is 1. The lowest BCUT2D eigenvalue weighted by atomic mass is 10.1. The highest BCUT2D eigenvalue weighted by atomic mass is 35.5. The number of terminal acetylenes is 1. The summed E-state index contributed by atoms with van der Waals surface area (Å²) in [4.78, 5) is 38.0. The lowest BCUT2D eigenvalue weighted by Crippen LogP contribution is -2.54.